The predicted octanol–water partition coefficient (Wildman–Crippen LogP) is -0.532. The minimum absolute atomic E-state index is 0.339. The number of aliphatic hydroxyl groups is 7. The van der Waals surface area contributed by atoms with Crippen LogP contribution in [0.5, 0.6) is 0 Å². The van der Waals surface area contributed by atoms with E-state index in [4.69, 9.17) is 14.2 Å². The van der Waals surface area contributed by atoms with Crippen LogP contribution in [0.4, 0.5) is 0 Å². The van der Waals surface area contributed by atoms with Crippen molar-refractivity contribution in [1.29, 1.82) is 0 Å². The maximum Gasteiger partial charge on any atom is 0.376 e. The largest absolute Gasteiger partial charge is 0.394 e. The number of hydrogen-bond acceptors (Lipinski definition) is 10. The summed E-state index contributed by atoms with van der Waals surface area (Å²) in [5, 5.41) is 71.1. The summed E-state index contributed by atoms with van der Waals surface area (Å²) in [6.07, 6.45) is -0.671. The Morgan fingerprint density at radius 3 is 1.92 bits per heavy atom. The van der Waals surface area contributed by atoms with Crippen LogP contribution in [0.25, 0.3) is 0 Å². The molecule has 36 heavy (non-hydrogen) atoms. The third-order valence-electron chi connectivity index (χ3n) is 7.67. The van der Waals surface area contributed by atoms with E-state index >= 15 is 0 Å². The van der Waals surface area contributed by atoms with Gasteiger partial charge in [0.2, 0.25) is 0 Å². The molecule has 3 rings (SSSR count). The van der Waals surface area contributed by atoms with Crippen molar-refractivity contribution in [3.05, 3.63) is 0 Å². The molecule has 0 aromatic heterocycles. The molecule has 3 saturated heterocycles. The van der Waals surface area contributed by atoms with E-state index in [1.807, 2.05) is 0 Å². The summed E-state index contributed by atoms with van der Waals surface area (Å²) in [7, 11) is 0. The fourth-order valence-electron chi connectivity index (χ4n) is 5.28. The zero-order chi connectivity index (χ0) is 26.3. The van der Waals surface area contributed by atoms with Crippen molar-refractivity contribution < 1.29 is 54.3 Å². The Hall–Kier alpha value is -0.440. The van der Waals surface area contributed by atoms with Gasteiger partial charge >= 0.3 is 5.79 Å². The Bertz CT molecular complexity index is 635. The molecule has 0 radical (unpaired) electrons. The molecule has 11 nitrogen and oxygen atoms in total. The summed E-state index contributed by atoms with van der Waals surface area (Å²) in [6.45, 7) is 2.02. The molecule has 0 aliphatic carbocycles. The lowest BCUT2D eigenvalue weighted by Crippen LogP contribution is -2.65. The summed E-state index contributed by atoms with van der Waals surface area (Å²) in [4.78, 5) is 0. The van der Waals surface area contributed by atoms with Crippen LogP contribution in [0.15, 0.2) is 0 Å². The molecule has 0 bridgehead atoms. The normalized spacial score (nSPS) is 41.2. The lowest BCUT2D eigenvalue weighted by Gasteiger charge is -2.44. The first-order chi connectivity index (χ1) is 17.3. The summed E-state index contributed by atoms with van der Waals surface area (Å²) < 4.78 is 19.8. The first-order valence-corrected chi connectivity index (χ1v) is 13.6. The van der Waals surface area contributed by atoms with Gasteiger partial charge in [0, 0.05) is 6.42 Å². The Morgan fingerprint density at radius 2 is 1.33 bits per heavy atom. The first kappa shape index (κ1) is 30.1. The van der Waals surface area contributed by atoms with Gasteiger partial charge in [-0.25, -0.2) is 0 Å². The van der Waals surface area contributed by atoms with E-state index in [1.54, 1.807) is 0 Å². The predicted molar refractivity (Wildman–Crippen MR) is 128 cm³/mol. The molecule has 0 aromatic rings. The minimum Gasteiger partial charge on any atom is -0.394 e. The Labute approximate surface area is 213 Å². The Balaban J connectivity index is 1.44. The van der Waals surface area contributed by atoms with Crippen molar-refractivity contribution in [3.8, 4) is 0 Å². The summed E-state index contributed by atoms with van der Waals surface area (Å²) in [6, 6.07) is 0. The van der Waals surface area contributed by atoms with Gasteiger partial charge < -0.3 is 49.6 Å². The standard InChI is InChI=1S/C25H47O11/c1-2-3-4-5-6-7-8-9-10-11-12-36-15-25(36)23(32)21(31)22(17(14-27)35-25)34-24-20(30)19(29)18(28)16(13-26)33-24/h16-24,26-32H,2-15H2,1H3/q+1/t16-,17-,18-,19+,20-,21+,22-,23-,24-,25+/m1/s1. The van der Waals surface area contributed by atoms with Crippen molar-refractivity contribution in [2.75, 3.05) is 26.4 Å². The topological polar surface area (TPSA) is 172 Å². The first-order valence-electron chi connectivity index (χ1n) is 13.6. The maximum atomic E-state index is 10.8. The molecule has 3 aliphatic heterocycles. The van der Waals surface area contributed by atoms with Gasteiger partial charge in [-0.15, -0.1) is 0 Å². The van der Waals surface area contributed by atoms with Gasteiger partial charge in [0.1, 0.15) is 49.3 Å². The molecular weight excluding hydrogens is 476 g/mol. The molecule has 1 spiro atoms. The highest BCUT2D eigenvalue weighted by Gasteiger charge is 2.75. The molecule has 3 heterocycles. The quantitative estimate of drug-likeness (QED) is 0.0840. The monoisotopic (exact) mass is 523 g/mol. The molecule has 212 valence electrons. The van der Waals surface area contributed by atoms with Crippen molar-refractivity contribution in [1.82, 2.24) is 0 Å². The Kier molecular flexibility index (Phi) is 11.8. The Morgan fingerprint density at radius 1 is 0.750 bits per heavy atom. The van der Waals surface area contributed by atoms with E-state index in [0.29, 0.717) is 13.2 Å². The second-order valence-corrected chi connectivity index (χ2v) is 10.4. The second kappa shape index (κ2) is 14.1. The van der Waals surface area contributed by atoms with Crippen molar-refractivity contribution in [3.63, 3.8) is 0 Å². The second-order valence-electron chi connectivity index (χ2n) is 10.4. The van der Waals surface area contributed by atoms with Gasteiger partial charge in [-0.1, -0.05) is 58.3 Å². The van der Waals surface area contributed by atoms with Crippen molar-refractivity contribution in [2.45, 2.75) is 132 Å². The van der Waals surface area contributed by atoms with E-state index in [2.05, 4.69) is 11.3 Å². The number of rotatable bonds is 15. The van der Waals surface area contributed by atoms with Crippen LogP contribution in [-0.4, -0.2) is 123 Å². The van der Waals surface area contributed by atoms with E-state index in [-0.39, 0.29) is 0 Å². The molecule has 10 atom stereocenters. The third kappa shape index (κ3) is 6.95. The van der Waals surface area contributed by atoms with Crippen molar-refractivity contribution >= 4 is 0 Å². The molecule has 11 heteroatoms. The van der Waals surface area contributed by atoms with Crippen LogP contribution in [0.1, 0.15) is 71.1 Å². The number of epoxide rings is 1. The van der Waals surface area contributed by atoms with E-state index in [1.165, 1.54) is 44.9 Å². The van der Waals surface area contributed by atoms with E-state index in [0.717, 1.165) is 19.3 Å². The van der Waals surface area contributed by atoms with Crippen molar-refractivity contribution in [2.24, 2.45) is 0 Å². The van der Waals surface area contributed by atoms with Gasteiger partial charge in [0.05, 0.1) is 13.2 Å². The maximum absolute atomic E-state index is 10.8. The molecular formula is C25H47O11+. The number of ether oxygens (including phenoxy) is 3. The van der Waals surface area contributed by atoms with Gasteiger partial charge in [0.25, 0.3) is 6.61 Å². The smallest absolute Gasteiger partial charge is 0.376 e. The molecule has 0 aromatic carbocycles. The SMILES string of the molecule is CCCCCCCCCCCC[O+]1C[C@]12O[C@H](CO)[C@@H](O[C@H]1O[C@H](CO)[C@@H](O)[C@H](O)[C@H]1O)[C@H](O)[C@H]2O. The molecule has 0 saturated carbocycles. The van der Waals surface area contributed by atoms with Gasteiger partial charge in [-0.05, 0) is 6.42 Å². The molecule has 0 amide bonds. The fraction of sp³-hybridized carbons (Fsp3) is 1.00. The van der Waals surface area contributed by atoms with Crippen LogP contribution in [0.3, 0.4) is 0 Å². The lowest BCUT2D eigenvalue weighted by atomic mass is 9.94. The van der Waals surface area contributed by atoms with Gasteiger partial charge in [-0.2, -0.15) is 0 Å². The van der Waals surface area contributed by atoms with Gasteiger partial charge in [-0.3, -0.25) is 4.74 Å². The average molecular weight is 524 g/mol. The third-order valence-corrected chi connectivity index (χ3v) is 7.67. The van der Waals surface area contributed by atoms with Crippen LogP contribution in [-0.2, 0) is 18.6 Å². The van der Waals surface area contributed by atoms with Crippen LogP contribution < -0.4 is 0 Å². The zero-order valence-electron chi connectivity index (χ0n) is 21.4. The molecule has 3 fully saturated rings. The zero-order valence-corrected chi connectivity index (χ0v) is 21.4. The summed E-state index contributed by atoms with van der Waals surface area (Å²) in [5.41, 5.74) is 0. The van der Waals surface area contributed by atoms with Crippen LogP contribution in [0, 0.1) is 0 Å². The highest BCUT2D eigenvalue weighted by atomic mass is 16.9. The lowest BCUT2D eigenvalue weighted by molar-refractivity contribution is -0.359. The number of unbranched alkanes of at least 4 members (excludes halogenated alkanes) is 9. The molecule has 0 unspecified atom stereocenters. The highest BCUT2D eigenvalue weighted by molar-refractivity contribution is 5.06. The molecule has 7 N–H and O–H groups in total. The van der Waals surface area contributed by atoms with Crippen LogP contribution >= 0.6 is 0 Å². The van der Waals surface area contributed by atoms with Gasteiger partial charge in [0.15, 0.2) is 12.4 Å². The molecule has 3 aliphatic rings. The number of hydrogen-bond donors (Lipinski definition) is 7. The van der Waals surface area contributed by atoms with E-state index in [9.17, 15) is 35.7 Å². The van der Waals surface area contributed by atoms with Crippen LogP contribution in [0.2, 0.25) is 0 Å². The highest BCUT2D eigenvalue weighted by Crippen LogP contribution is 2.48. The average Bonchev–Trinajstić information content (AvgIpc) is 3.58. The summed E-state index contributed by atoms with van der Waals surface area (Å²) >= 11 is 0. The summed E-state index contributed by atoms with van der Waals surface area (Å²) in [5.74, 6) is -1.18. The number of aliphatic hydroxyl groups excluding tert-OH is 7. The fourth-order valence-corrected chi connectivity index (χ4v) is 5.28. The minimum atomic E-state index is -1.68. The van der Waals surface area contributed by atoms with E-state index < -0.39 is 74.1 Å².